The van der Waals surface area contributed by atoms with Crippen LogP contribution >= 0.6 is 24.4 Å². The summed E-state index contributed by atoms with van der Waals surface area (Å²) in [6.07, 6.45) is 0. The third-order valence-electron chi connectivity index (χ3n) is 1.23. The molecule has 0 saturated carbocycles. The van der Waals surface area contributed by atoms with Gasteiger partial charge in [-0.05, 0) is 13.8 Å². The smallest absolute Gasteiger partial charge is 0.167 e. The molecular weight excluding hydrogens is 166 g/mol. The van der Waals surface area contributed by atoms with Gasteiger partial charge in [-0.3, -0.25) is 4.79 Å². The van der Waals surface area contributed by atoms with Crippen LogP contribution in [0.25, 0.3) is 0 Å². The second kappa shape index (κ2) is 2.88. The van der Waals surface area contributed by atoms with Crippen LogP contribution in [0.2, 0.25) is 0 Å². The van der Waals surface area contributed by atoms with E-state index in [0.717, 1.165) is 10.6 Å². The van der Waals surface area contributed by atoms with Crippen molar-refractivity contribution in [1.82, 2.24) is 5.32 Å². The Kier molecular flexibility index (Phi) is 2.31. The highest BCUT2D eigenvalue weighted by atomic mass is 32.2. The van der Waals surface area contributed by atoms with E-state index < -0.39 is 0 Å². The van der Waals surface area contributed by atoms with Crippen LogP contribution in [-0.2, 0) is 4.79 Å². The van der Waals surface area contributed by atoms with Gasteiger partial charge in [-0.2, -0.15) is 0 Å². The van der Waals surface area contributed by atoms with Gasteiger partial charge in [-0.25, -0.2) is 0 Å². The van der Waals surface area contributed by atoms with Crippen LogP contribution in [0, 0.1) is 0 Å². The lowest BCUT2D eigenvalue weighted by Crippen LogP contribution is -2.11. The Bertz CT molecular complexity index is 200. The van der Waals surface area contributed by atoms with E-state index in [2.05, 4.69) is 17.9 Å². The van der Waals surface area contributed by atoms with Gasteiger partial charge in [0, 0.05) is 5.70 Å². The van der Waals surface area contributed by atoms with Crippen LogP contribution in [0.3, 0.4) is 0 Å². The van der Waals surface area contributed by atoms with Crippen molar-refractivity contribution >= 4 is 30.2 Å². The molecular formula is C6H9NOS2. The third-order valence-corrected chi connectivity index (χ3v) is 2.85. The summed E-state index contributed by atoms with van der Waals surface area (Å²) >= 11 is 5.63. The van der Waals surface area contributed by atoms with Gasteiger partial charge in [0.15, 0.2) is 5.78 Å². The molecule has 1 N–H and O–H groups in total. The first kappa shape index (κ1) is 8.01. The molecule has 1 aliphatic rings. The monoisotopic (exact) mass is 175 g/mol. The lowest BCUT2D eigenvalue weighted by molar-refractivity contribution is -0.113. The molecule has 1 heterocycles. The number of rotatable bonds is 1. The minimum Gasteiger partial charge on any atom is -0.367 e. The van der Waals surface area contributed by atoms with Crippen LogP contribution in [0.1, 0.15) is 13.8 Å². The summed E-state index contributed by atoms with van der Waals surface area (Å²) < 4.78 is 0.0545. The number of carbonyl (C=O) groups excluding carboxylic acids is 1. The molecule has 1 aliphatic heterocycles. The molecule has 0 amide bonds. The summed E-state index contributed by atoms with van der Waals surface area (Å²) in [6, 6.07) is 0. The van der Waals surface area contributed by atoms with Gasteiger partial charge < -0.3 is 5.32 Å². The number of Topliss-reactive ketones (excluding diaryl/α,β-unsaturated/α-hetero) is 1. The Hall–Kier alpha value is -0.0900. The van der Waals surface area contributed by atoms with Crippen molar-refractivity contribution in [2.24, 2.45) is 0 Å². The molecule has 56 valence electrons. The minimum absolute atomic E-state index is 0.0545. The lowest BCUT2D eigenvalue weighted by Gasteiger charge is -1.99. The number of thiol groups is 1. The van der Waals surface area contributed by atoms with Crippen molar-refractivity contribution in [2.45, 2.75) is 18.6 Å². The zero-order chi connectivity index (χ0) is 7.72. The molecule has 1 atom stereocenters. The van der Waals surface area contributed by atoms with Crippen molar-refractivity contribution in [3.05, 3.63) is 10.6 Å². The molecule has 4 heteroatoms. The molecule has 0 aliphatic carbocycles. The third kappa shape index (κ3) is 1.49. The standard InChI is InChI=1S/C6H9NOS2/c1-3-5(4(2)8)10-6(9)7-3/h6-7,9H,1-2H3. The molecule has 10 heavy (non-hydrogen) atoms. The van der Waals surface area contributed by atoms with Gasteiger partial charge in [0.2, 0.25) is 0 Å². The number of thioether (sulfide) groups is 1. The maximum absolute atomic E-state index is 10.8. The Morgan fingerprint density at radius 2 is 2.40 bits per heavy atom. The van der Waals surface area contributed by atoms with Gasteiger partial charge in [-0.1, -0.05) is 11.8 Å². The summed E-state index contributed by atoms with van der Waals surface area (Å²) in [6.45, 7) is 3.46. The molecule has 0 aromatic rings. The first-order valence-corrected chi connectivity index (χ1v) is 4.34. The van der Waals surface area contributed by atoms with Gasteiger partial charge in [0.05, 0.1) is 4.91 Å². The average Bonchev–Trinajstić information content (AvgIpc) is 2.10. The Labute approximate surface area is 69.9 Å². The predicted molar refractivity (Wildman–Crippen MR) is 46.9 cm³/mol. The summed E-state index contributed by atoms with van der Waals surface area (Å²) in [5, 5.41) is 3.03. The summed E-state index contributed by atoms with van der Waals surface area (Å²) in [5.41, 5.74) is 0.942. The SMILES string of the molecule is CC(=O)C1=C(C)NC(S)S1. The fourth-order valence-electron chi connectivity index (χ4n) is 0.827. The first-order valence-electron chi connectivity index (χ1n) is 2.94. The van der Waals surface area contributed by atoms with E-state index in [1.807, 2.05) is 6.92 Å². The van der Waals surface area contributed by atoms with Gasteiger partial charge >= 0.3 is 0 Å². The summed E-state index contributed by atoms with van der Waals surface area (Å²) in [5.74, 6) is 0.117. The number of hydrogen-bond acceptors (Lipinski definition) is 4. The number of allylic oxidation sites excluding steroid dienone is 2. The molecule has 2 nitrogen and oxygen atoms in total. The van der Waals surface area contributed by atoms with Crippen molar-refractivity contribution in [3.8, 4) is 0 Å². The van der Waals surface area contributed by atoms with Crippen LogP contribution < -0.4 is 5.32 Å². The van der Waals surface area contributed by atoms with Crippen LogP contribution in [0.15, 0.2) is 10.6 Å². The van der Waals surface area contributed by atoms with Crippen LogP contribution in [0.5, 0.6) is 0 Å². The molecule has 1 unspecified atom stereocenters. The van der Waals surface area contributed by atoms with E-state index in [-0.39, 0.29) is 10.5 Å². The fourth-order valence-corrected chi connectivity index (χ4v) is 2.20. The van der Waals surface area contributed by atoms with Crippen LogP contribution in [-0.4, -0.2) is 10.5 Å². The van der Waals surface area contributed by atoms with Crippen molar-refractivity contribution in [2.75, 3.05) is 0 Å². The van der Waals surface area contributed by atoms with Crippen molar-refractivity contribution in [3.63, 3.8) is 0 Å². The normalized spacial score (nSPS) is 24.9. The predicted octanol–water partition coefficient (Wildman–Crippen LogP) is 1.36. The largest absolute Gasteiger partial charge is 0.367 e. The number of carbonyl (C=O) groups is 1. The van der Waals surface area contributed by atoms with Gasteiger partial charge in [-0.15, -0.1) is 12.6 Å². The molecule has 0 radical (unpaired) electrons. The zero-order valence-electron chi connectivity index (χ0n) is 5.84. The van der Waals surface area contributed by atoms with E-state index in [4.69, 9.17) is 0 Å². The molecule has 1 rings (SSSR count). The topological polar surface area (TPSA) is 29.1 Å². The van der Waals surface area contributed by atoms with E-state index in [9.17, 15) is 4.79 Å². The maximum Gasteiger partial charge on any atom is 0.167 e. The Morgan fingerprint density at radius 3 is 2.60 bits per heavy atom. The van der Waals surface area contributed by atoms with E-state index in [1.165, 1.54) is 11.8 Å². The maximum atomic E-state index is 10.8. The number of nitrogens with one attached hydrogen (secondary N) is 1. The molecule has 0 spiro atoms. The average molecular weight is 175 g/mol. The van der Waals surface area contributed by atoms with Gasteiger partial charge in [0.25, 0.3) is 0 Å². The Morgan fingerprint density at radius 1 is 1.80 bits per heavy atom. The summed E-state index contributed by atoms with van der Waals surface area (Å²) in [7, 11) is 0. The van der Waals surface area contributed by atoms with E-state index in [1.54, 1.807) is 6.92 Å². The van der Waals surface area contributed by atoms with E-state index in [0.29, 0.717) is 0 Å². The van der Waals surface area contributed by atoms with Crippen molar-refractivity contribution < 1.29 is 4.79 Å². The van der Waals surface area contributed by atoms with E-state index >= 15 is 0 Å². The molecule has 0 fully saturated rings. The molecule has 0 bridgehead atoms. The van der Waals surface area contributed by atoms with Crippen molar-refractivity contribution in [1.29, 1.82) is 0 Å². The quantitative estimate of drug-likeness (QED) is 0.590. The second-order valence-corrected chi connectivity index (χ2v) is 4.11. The van der Waals surface area contributed by atoms with Gasteiger partial charge in [0.1, 0.15) is 4.71 Å². The molecule has 0 aromatic carbocycles. The summed E-state index contributed by atoms with van der Waals surface area (Å²) in [4.78, 5) is 11.7. The molecule has 0 aromatic heterocycles. The second-order valence-electron chi connectivity index (χ2n) is 2.12. The molecule has 0 saturated heterocycles. The highest BCUT2D eigenvalue weighted by molar-refractivity contribution is 8.13. The minimum atomic E-state index is 0.0545. The first-order chi connectivity index (χ1) is 4.61. The number of hydrogen-bond donors (Lipinski definition) is 2. The van der Waals surface area contributed by atoms with Crippen LogP contribution in [0.4, 0.5) is 0 Å². The fraction of sp³-hybridized carbons (Fsp3) is 0.500. The Balaban J connectivity index is 2.76. The highest BCUT2D eigenvalue weighted by Gasteiger charge is 2.20. The lowest BCUT2D eigenvalue weighted by atomic mass is 10.3. The number of ketones is 1. The zero-order valence-corrected chi connectivity index (χ0v) is 7.55. The highest BCUT2D eigenvalue weighted by Crippen LogP contribution is 2.31.